The fourth-order valence-corrected chi connectivity index (χ4v) is 2.48. The maximum absolute atomic E-state index is 12.3. The molecule has 0 unspecified atom stereocenters. The van der Waals surface area contributed by atoms with E-state index < -0.39 is 10.8 Å². The molecule has 2 aromatic rings. The number of nitriles is 1. The molecule has 1 aliphatic rings. The molecule has 0 saturated heterocycles. The molecule has 8 nitrogen and oxygen atoms in total. The molecule has 1 aliphatic heterocycles. The van der Waals surface area contributed by atoms with E-state index in [9.17, 15) is 20.2 Å². The minimum atomic E-state index is -0.721. The van der Waals surface area contributed by atoms with Gasteiger partial charge in [-0.3, -0.25) is 14.9 Å². The molecule has 0 atom stereocenters. The van der Waals surface area contributed by atoms with Gasteiger partial charge in [0.25, 0.3) is 11.6 Å². The number of carbonyl (C=O) groups is 1. The van der Waals surface area contributed by atoms with E-state index in [0.29, 0.717) is 16.5 Å². The molecule has 26 heavy (non-hydrogen) atoms. The van der Waals surface area contributed by atoms with Crippen molar-refractivity contribution in [2.24, 2.45) is 0 Å². The van der Waals surface area contributed by atoms with Crippen LogP contribution >= 0.6 is 11.6 Å². The first-order valence-corrected chi connectivity index (χ1v) is 7.62. The number of nitrogens with zero attached hydrogens (tertiary/aromatic N) is 2. The average molecular weight is 372 g/mol. The monoisotopic (exact) mass is 371 g/mol. The number of amides is 1. The Hall–Kier alpha value is -3.57. The number of nitrogens with one attached hydrogen (secondary N) is 1. The normalized spacial score (nSPS) is 12.4. The number of halogens is 1. The molecule has 0 bridgehead atoms. The van der Waals surface area contributed by atoms with Crippen LogP contribution in [0.3, 0.4) is 0 Å². The van der Waals surface area contributed by atoms with Crippen molar-refractivity contribution < 1.29 is 19.2 Å². The molecule has 0 fully saturated rings. The Morgan fingerprint density at radius 2 is 2.04 bits per heavy atom. The van der Waals surface area contributed by atoms with Crippen LogP contribution in [0, 0.1) is 21.4 Å². The van der Waals surface area contributed by atoms with Gasteiger partial charge in [-0.2, -0.15) is 5.26 Å². The van der Waals surface area contributed by atoms with Gasteiger partial charge in [0.1, 0.15) is 11.6 Å². The van der Waals surface area contributed by atoms with Crippen molar-refractivity contribution in [3.8, 4) is 17.6 Å². The summed E-state index contributed by atoms with van der Waals surface area (Å²) < 4.78 is 10.3. The van der Waals surface area contributed by atoms with Crippen molar-refractivity contribution in [1.82, 2.24) is 0 Å². The van der Waals surface area contributed by atoms with Crippen molar-refractivity contribution >= 4 is 35.0 Å². The van der Waals surface area contributed by atoms with Crippen LogP contribution in [0.2, 0.25) is 5.02 Å². The zero-order valence-electron chi connectivity index (χ0n) is 13.1. The first kappa shape index (κ1) is 17.3. The number of fused-ring (bicyclic) bond motifs is 1. The standard InChI is InChI=1S/C17H10ClN3O5/c18-12-2-1-3-13(6-12)20-17(22)11(8-19)4-10-5-15-16(26-9-25-15)7-14(10)21(23)24/h1-7H,9H2,(H,20,22)/b11-4-. The molecule has 1 N–H and O–H groups in total. The van der Waals surface area contributed by atoms with E-state index in [1.807, 2.05) is 0 Å². The molecule has 0 spiro atoms. The summed E-state index contributed by atoms with van der Waals surface area (Å²) in [4.78, 5) is 22.9. The smallest absolute Gasteiger partial charge is 0.280 e. The molecule has 2 aromatic carbocycles. The largest absolute Gasteiger partial charge is 0.454 e. The highest BCUT2D eigenvalue weighted by Gasteiger charge is 2.23. The van der Waals surface area contributed by atoms with E-state index in [4.69, 9.17) is 21.1 Å². The van der Waals surface area contributed by atoms with Crippen LogP contribution in [0.4, 0.5) is 11.4 Å². The molecule has 0 radical (unpaired) electrons. The molecular formula is C17H10ClN3O5. The topological polar surface area (TPSA) is 114 Å². The zero-order valence-corrected chi connectivity index (χ0v) is 13.8. The van der Waals surface area contributed by atoms with Gasteiger partial charge in [-0.15, -0.1) is 0 Å². The third-order valence-corrected chi connectivity index (χ3v) is 3.70. The van der Waals surface area contributed by atoms with E-state index in [1.54, 1.807) is 24.3 Å². The second kappa shape index (κ2) is 7.13. The number of rotatable bonds is 4. The quantitative estimate of drug-likeness (QED) is 0.380. The lowest BCUT2D eigenvalue weighted by atomic mass is 10.1. The summed E-state index contributed by atoms with van der Waals surface area (Å²) in [5, 5.41) is 23.5. The lowest BCUT2D eigenvalue weighted by Crippen LogP contribution is -2.13. The minimum Gasteiger partial charge on any atom is -0.454 e. The molecule has 3 rings (SSSR count). The van der Waals surface area contributed by atoms with Crippen LogP contribution in [0.25, 0.3) is 6.08 Å². The minimum absolute atomic E-state index is 0.0528. The van der Waals surface area contributed by atoms with Gasteiger partial charge in [-0.05, 0) is 30.3 Å². The predicted octanol–water partition coefficient (Wildman–Crippen LogP) is 3.52. The van der Waals surface area contributed by atoms with Crippen molar-refractivity contribution in [2.75, 3.05) is 12.1 Å². The Labute approximate surface area is 152 Å². The number of anilines is 1. The lowest BCUT2D eigenvalue weighted by Gasteiger charge is -2.05. The zero-order chi connectivity index (χ0) is 18.7. The third-order valence-electron chi connectivity index (χ3n) is 3.47. The van der Waals surface area contributed by atoms with Crippen molar-refractivity contribution in [2.45, 2.75) is 0 Å². The van der Waals surface area contributed by atoms with Gasteiger partial charge in [0.15, 0.2) is 11.5 Å². The van der Waals surface area contributed by atoms with E-state index in [0.717, 1.165) is 6.08 Å². The van der Waals surface area contributed by atoms with Gasteiger partial charge >= 0.3 is 0 Å². The summed E-state index contributed by atoms with van der Waals surface area (Å²) in [6, 6.07) is 10.7. The van der Waals surface area contributed by atoms with Gasteiger partial charge in [-0.25, -0.2) is 0 Å². The van der Waals surface area contributed by atoms with Gasteiger partial charge in [0, 0.05) is 10.7 Å². The van der Waals surface area contributed by atoms with E-state index in [1.165, 1.54) is 18.2 Å². The van der Waals surface area contributed by atoms with Crippen LogP contribution < -0.4 is 14.8 Å². The first-order chi connectivity index (χ1) is 12.5. The second-order valence-electron chi connectivity index (χ2n) is 5.16. The van der Waals surface area contributed by atoms with Gasteiger partial charge in [-0.1, -0.05) is 17.7 Å². The molecular weight excluding hydrogens is 362 g/mol. The number of carbonyl (C=O) groups excluding carboxylic acids is 1. The summed E-state index contributed by atoms with van der Waals surface area (Å²) in [6.07, 6.45) is 1.12. The van der Waals surface area contributed by atoms with Crippen molar-refractivity contribution in [1.29, 1.82) is 5.26 Å². The summed E-state index contributed by atoms with van der Waals surface area (Å²) in [6.45, 7) is -0.0555. The number of benzene rings is 2. The van der Waals surface area contributed by atoms with Gasteiger partial charge < -0.3 is 14.8 Å². The summed E-state index contributed by atoms with van der Waals surface area (Å²) in [5.41, 5.74) is -0.176. The Morgan fingerprint density at radius 1 is 1.31 bits per heavy atom. The number of hydrogen-bond acceptors (Lipinski definition) is 6. The summed E-state index contributed by atoms with van der Waals surface area (Å²) in [5.74, 6) is -0.188. The highest BCUT2D eigenvalue weighted by atomic mass is 35.5. The van der Waals surface area contributed by atoms with E-state index in [2.05, 4.69) is 5.32 Å². The SMILES string of the molecule is N#C/C(=C/c1cc2c(cc1[N+](=O)[O-])OCO2)C(=O)Nc1cccc(Cl)c1. The number of hydrogen-bond donors (Lipinski definition) is 1. The first-order valence-electron chi connectivity index (χ1n) is 7.24. The highest BCUT2D eigenvalue weighted by molar-refractivity contribution is 6.31. The van der Waals surface area contributed by atoms with E-state index >= 15 is 0 Å². The van der Waals surface area contributed by atoms with Gasteiger partial charge in [0.05, 0.1) is 16.6 Å². The number of nitro groups is 1. The number of nitro benzene ring substituents is 1. The Kier molecular flexibility index (Phi) is 4.73. The summed E-state index contributed by atoms with van der Waals surface area (Å²) >= 11 is 5.85. The van der Waals surface area contributed by atoms with Crippen molar-refractivity contribution in [3.63, 3.8) is 0 Å². The fraction of sp³-hybridized carbons (Fsp3) is 0.0588. The average Bonchev–Trinajstić information content (AvgIpc) is 3.06. The van der Waals surface area contributed by atoms with Crippen LogP contribution in [-0.2, 0) is 4.79 Å². The van der Waals surface area contributed by atoms with Crippen molar-refractivity contribution in [3.05, 3.63) is 62.7 Å². The van der Waals surface area contributed by atoms with Crippen LogP contribution in [-0.4, -0.2) is 17.6 Å². The van der Waals surface area contributed by atoms with Gasteiger partial charge in [0.2, 0.25) is 6.79 Å². The molecule has 9 heteroatoms. The highest BCUT2D eigenvalue weighted by Crippen LogP contribution is 2.38. The molecule has 1 heterocycles. The molecule has 0 saturated carbocycles. The lowest BCUT2D eigenvalue weighted by molar-refractivity contribution is -0.385. The Balaban J connectivity index is 1.95. The summed E-state index contributed by atoms with van der Waals surface area (Å²) in [7, 11) is 0. The molecule has 0 aliphatic carbocycles. The van der Waals surface area contributed by atoms with Crippen LogP contribution in [0.1, 0.15) is 5.56 Å². The molecule has 0 aromatic heterocycles. The predicted molar refractivity (Wildman–Crippen MR) is 92.9 cm³/mol. The van der Waals surface area contributed by atoms with E-state index in [-0.39, 0.29) is 29.4 Å². The second-order valence-corrected chi connectivity index (χ2v) is 5.59. The maximum atomic E-state index is 12.3. The van der Waals surface area contributed by atoms with Crippen LogP contribution in [0.5, 0.6) is 11.5 Å². The fourth-order valence-electron chi connectivity index (χ4n) is 2.29. The molecule has 1 amide bonds. The van der Waals surface area contributed by atoms with Crippen LogP contribution in [0.15, 0.2) is 42.0 Å². The number of ether oxygens (including phenoxy) is 2. The third kappa shape index (κ3) is 3.58. The molecule has 130 valence electrons. The Morgan fingerprint density at radius 3 is 2.69 bits per heavy atom. The maximum Gasteiger partial charge on any atom is 0.280 e. The Bertz CT molecular complexity index is 981.